The van der Waals surface area contributed by atoms with Gasteiger partial charge >= 0.3 is 0 Å². The highest BCUT2D eigenvalue weighted by atomic mass is 16.7. The minimum Gasteiger partial charge on any atom is -0.374 e. The van der Waals surface area contributed by atoms with Crippen molar-refractivity contribution in [1.29, 1.82) is 0 Å². The number of hydrogen-bond acceptors (Lipinski definition) is 4. The lowest BCUT2D eigenvalue weighted by molar-refractivity contribution is -0.193. The predicted molar refractivity (Wildman–Crippen MR) is 51.2 cm³/mol. The first kappa shape index (κ1) is 12.8. The van der Waals surface area contributed by atoms with Crippen LogP contribution in [0.1, 0.15) is 27.7 Å². The second-order valence-electron chi connectivity index (χ2n) is 3.33. The molecule has 0 aliphatic heterocycles. The van der Waals surface area contributed by atoms with Crippen molar-refractivity contribution in [2.24, 2.45) is 5.73 Å². The summed E-state index contributed by atoms with van der Waals surface area (Å²) in [4.78, 5) is 0. The van der Waals surface area contributed by atoms with E-state index in [-0.39, 0.29) is 25.2 Å². The molecule has 0 aliphatic rings. The van der Waals surface area contributed by atoms with Crippen LogP contribution in [-0.2, 0) is 14.2 Å². The van der Waals surface area contributed by atoms with Gasteiger partial charge in [-0.3, -0.25) is 0 Å². The van der Waals surface area contributed by atoms with Crippen molar-refractivity contribution in [2.75, 3.05) is 13.3 Å². The zero-order valence-corrected chi connectivity index (χ0v) is 8.95. The molecule has 4 nitrogen and oxygen atoms in total. The molecule has 0 saturated carbocycles. The number of ether oxygens (including phenoxy) is 3. The van der Waals surface area contributed by atoms with E-state index in [1.165, 1.54) is 0 Å². The zero-order chi connectivity index (χ0) is 10.3. The Morgan fingerprint density at radius 2 is 1.62 bits per heavy atom. The van der Waals surface area contributed by atoms with E-state index in [0.717, 1.165) is 0 Å². The van der Waals surface area contributed by atoms with Gasteiger partial charge in [0, 0.05) is 0 Å². The van der Waals surface area contributed by atoms with Gasteiger partial charge in [-0.25, -0.2) is 0 Å². The SMILES string of the molecule is CC(C)OCC(OCN)OC(C)C. The molecule has 0 aliphatic carbocycles. The predicted octanol–water partition coefficient (Wildman–Crippen LogP) is 1.10. The smallest absolute Gasteiger partial charge is 0.182 e. The van der Waals surface area contributed by atoms with Crippen molar-refractivity contribution < 1.29 is 14.2 Å². The Morgan fingerprint density at radius 3 is 2.00 bits per heavy atom. The fourth-order valence-electron chi connectivity index (χ4n) is 0.809. The first-order valence-electron chi connectivity index (χ1n) is 4.65. The highest BCUT2D eigenvalue weighted by Crippen LogP contribution is 2.01. The van der Waals surface area contributed by atoms with Crippen LogP contribution >= 0.6 is 0 Å². The minimum atomic E-state index is -0.354. The van der Waals surface area contributed by atoms with Gasteiger partial charge in [-0.05, 0) is 27.7 Å². The summed E-state index contributed by atoms with van der Waals surface area (Å²) in [7, 11) is 0. The number of nitrogens with two attached hydrogens (primary N) is 1. The highest BCUT2D eigenvalue weighted by Gasteiger charge is 2.11. The molecule has 1 atom stereocenters. The first-order valence-corrected chi connectivity index (χ1v) is 4.65. The molecule has 0 saturated heterocycles. The maximum atomic E-state index is 5.41. The van der Waals surface area contributed by atoms with Gasteiger partial charge in [0.05, 0.1) is 25.5 Å². The van der Waals surface area contributed by atoms with Crippen molar-refractivity contribution in [3.8, 4) is 0 Å². The third kappa shape index (κ3) is 8.18. The van der Waals surface area contributed by atoms with E-state index in [9.17, 15) is 0 Å². The molecule has 0 fully saturated rings. The Hall–Kier alpha value is -0.160. The highest BCUT2D eigenvalue weighted by molar-refractivity contribution is 4.47. The van der Waals surface area contributed by atoms with Gasteiger partial charge in [0.2, 0.25) is 0 Å². The van der Waals surface area contributed by atoms with Gasteiger partial charge in [0.1, 0.15) is 0 Å². The molecule has 0 bridgehead atoms. The minimum absolute atomic E-state index is 0.118. The normalized spacial score (nSPS) is 14.1. The summed E-state index contributed by atoms with van der Waals surface area (Å²) in [5.41, 5.74) is 5.25. The summed E-state index contributed by atoms with van der Waals surface area (Å²) >= 11 is 0. The van der Waals surface area contributed by atoms with Crippen molar-refractivity contribution in [3.05, 3.63) is 0 Å². The van der Waals surface area contributed by atoms with E-state index in [1.54, 1.807) is 0 Å². The summed E-state index contributed by atoms with van der Waals surface area (Å²) in [5.74, 6) is 0. The second-order valence-corrected chi connectivity index (χ2v) is 3.33. The lowest BCUT2D eigenvalue weighted by atomic mass is 10.4. The van der Waals surface area contributed by atoms with Crippen LogP contribution in [-0.4, -0.2) is 31.8 Å². The quantitative estimate of drug-likeness (QED) is 0.612. The Labute approximate surface area is 80.3 Å². The van der Waals surface area contributed by atoms with Gasteiger partial charge in [-0.15, -0.1) is 0 Å². The van der Waals surface area contributed by atoms with Crippen LogP contribution in [0.2, 0.25) is 0 Å². The molecule has 2 N–H and O–H groups in total. The van der Waals surface area contributed by atoms with E-state index in [1.807, 2.05) is 27.7 Å². The molecule has 0 spiro atoms. The second kappa shape index (κ2) is 7.26. The third-order valence-corrected chi connectivity index (χ3v) is 1.27. The molecular formula is C9H21NO3. The molecule has 80 valence electrons. The van der Waals surface area contributed by atoms with Crippen LogP contribution in [0, 0.1) is 0 Å². The average Bonchev–Trinajstić information content (AvgIpc) is 1.99. The standard InChI is InChI=1S/C9H21NO3/c1-7(2)11-5-9(12-6-10)13-8(3)4/h7-9H,5-6,10H2,1-4H3. The lowest BCUT2D eigenvalue weighted by Crippen LogP contribution is -2.30. The van der Waals surface area contributed by atoms with E-state index in [0.29, 0.717) is 6.61 Å². The summed E-state index contributed by atoms with van der Waals surface area (Å²) in [6, 6.07) is 0. The van der Waals surface area contributed by atoms with Gasteiger partial charge in [0.25, 0.3) is 0 Å². The first-order chi connectivity index (χ1) is 6.06. The number of rotatable bonds is 7. The monoisotopic (exact) mass is 191 g/mol. The van der Waals surface area contributed by atoms with Crippen LogP contribution < -0.4 is 5.73 Å². The molecule has 13 heavy (non-hydrogen) atoms. The summed E-state index contributed by atoms with van der Waals surface area (Å²) in [5, 5.41) is 0. The molecule has 0 rings (SSSR count). The molecule has 1 unspecified atom stereocenters. The van der Waals surface area contributed by atoms with Gasteiger partial charge in [0.15, 0.2) is 6.29 Å². The Morgan fingerprint density at radius 1 is 1.00 bits per heavy atom. The fourth-order valence-corrected chi connectivity index (χ4v) is 0.809. The Balaban J connectivity index is 3.66. The average molecular weight is 191 g/mol. The molecule has 4 heteroatoms. The molecule has 0 aromatic heterocycles. The van der Waals surface area contributed by atoms with Crippen molar-refractivity contribution in [2.45, 2.75) is 46.2 Å². The van der Waals surface area contributed by atoms with Crippen molar-refractivity contribution >= 4 is 0 Å². The van der Waals surface area contributed by atoms with E-state index < -0.39 is 0 Å². The Kier molecular flexibility index (Phi) is 7.17. The lowest BCUT2D eigenvalue weighted by Gasteiger charge is -2.20. The Bertz CT molecular complexity index is 117. The van der Waals surface area contributed by atoms with Crippen molar-refractivity contribution in [3.63, 3.8) is 0 Å². The van der Waals surface area contributed by atoms with Gasteiger partial charge in [-0.1, -0.05) is 0 Å². The summed E-state index contributed by atoms with van der Waals surface area (Å²) in [6.45, 7) is 8.40. The molecule has 0 amide bonds. The molecule has 0 radical (unpaired) electrons. The zero-order valence-electron chi connectivity index (χ0n) is 8.95. The fraction of sp³-hybridized carbons (Fsp3) is 1.00. The van der Waals surface area contributed by atoms with Crippen LogP contribution in [0.4, 0.5) is 0 Å². The van der Waals surface area contributed by atoms with E-state index in [2.05, 4.69) is 0 Å². The van der Waals surface area contributed by atoms with Gasteiger partial charge < -0.3 is 19.9 Å². The van der Waals surface area contributed by atoms with Crippen LogP contribution in [0.15, 0.2) is 0 Å². The van der Waals surface area contributed by atoms with Crippen LogP contribution in [0.3, 0.4) is 0 Å². The van der Waals surface area contributed by atoms with Crippen molar-refractivity contribution in [1.82, 2.24) is 0 Å². The largest absolute Gasteiger partial charge is 0.374 e. The van der Waals surface area contributed by atoms with E-state index in [4.69, 9.17) is 19.9 Å². The summed E-state index contributed by atoms with van der Waals surface area (Å²) in [6.07, 6.45) is -0.0562. The maximum Gasteiger partial charge on any atom is 0.182 e. The topological polar surface area (TPSA) is 53.7 Å². The maximum absolute atomic E-state index is 5.41. The summed E-state index contributed by atoms with van der Waals surface area (Å²) < 4.78 is 15.9. The van der Waals surface area contributed by atoms with E-state index >= 15 is 0 Å². The van der Waals surface area contributed by atoms with Gasteiger partial charge in [-0.2, -0.15) is 0 Å². The third-order valence-electron chi connectivity index (χ3n) is 1.27. The molecule has 0 aromatic rings. The molecule has 0 aromatic carbocycles. The van der Waals surface area contributed by atoms with Crippen LogP contribution in [0.5, 0.6) is 0 Å². The number of hydrogen-bond donors (Lipinski definition) is 1. The van der Waals surface area contributed by atoms with Crippen LogP contribution in [0.25, 0.3) is 0 Å². The molecule has 0 heterocycles. The molecular weight excluding hydrogens is 170 g/mol.